The number of anilines is 2. The van der Waals surface area contributed by atoms with Crippen LogP contribution in [0.5, 0.6) is 0 Å². The molecule has 5 heterocycles. The molecule has 5 rings (SSSR count). The van der Waals surface area contributed by atoms with E-state index in [1.165, 1.54) is 6.33 Å². The van der Waals surface area contributed by atoms with E-state index in [0.29, 0.717) is 17.1 Å². The second-order valence-electron chi connectivity index (χ2n) is 7.13. The van der Waals surface area contributed by atoms with Gasteiger partial charge in [-0.15, -0.1) is 0 Å². The fourth-order valence-corrected chi connectivity index (χ4v) is 4.96. The second kappa shape index (κ2) is 8.03. The summed E-state index contributed by atoms with van der Waals surface area (Å²) < 4.78 is 28.9. The Hall–Kier alpha value is -0.820. The molecule has 2 aromatic rings. The summed E-state index contributed by atoms with van der Waals surface area (Å²) in [4.78, 5) is 26.6. The van der Waals surface area contributed by atoms with Gasteiger partial charge in [-0.05, 0) is 19.3 Å². The van der Waals surface area contributed by atoms with E-state index in [0.717, 1.165) is 32.4 Å². The van der Waals surface area contributed by atoms with E-state index in [1.807, 2.05) is 0 Å². The van der Waals surface area contributed by atoms with Crippen LogP contribution < -0.4 is 45.1 Å². The number of aliphatic hydroxyl groups is 1. The Morgan fingerprint density at radius 2 is 2.03 bits per heavy atom. The molecule has 14 heteroatoms. The molecule has 0 saturated carbocycles. The number of nitrogens with two attached hydrogens (primary N) is 1. The molecule has 5 atom stereocenters. The second-order valence-corrected chi connectivity index (χ2v) is 8.49. The molecule has 12 nitrogen and oxygen atoms in total. The van der Waals surface area contributed by atoms with Crippen LogP contribution in [0.2, 0.25) is 0 Å². The van der Waals surface area contributed by atoms with Gasteiger partial charge in [-0.1, -0.05) is 0 Å². The van der Waals surface area contributed by atoms with Gasteiger partial charge >= 0.3 is 29.6 Å². The van der Waals surface area contributed by atoms with E-state index < -0.39 is 32.4 Å². The first-order valence-electron chi connectivity index (χ1n) is 9.15. The van der Waals surface area contributed by atoms with Gasteiger partial charge < -0.3 is 34.4 Å². The number of phosphoric ester groups is 1. The smallest absolute Gasteiger partial charge is 0.756 e. The Kier molecular flexibility index (Phi) is 5.93. The number of ether oxygens (including phenoxy) is 1. The fraction of sp³-hybridized carbons (Fsp3) is 0.667. The van der Waals surface area contributed by atoms with Gasteiger partial charge in [-0.3, -0.25) is 9.13 Å². The SMILES string of the molecule is Nc1ncnc2c1nc(N1CCCCC1)n2[C@@H]1O[C@@H]2COP(=O)([O-])O[C@H]2[C@H]1O.[Na+]. The third-order valence-corrected chi connectivity index (χ3v) is 6.30. The van der Waals surface area contributed by atoms with Crippen molar-refractivity contribution in [2.45, 2.75) is 43.8 Å². The fourth-order valence-electron chi connectivity index (χ4n) is 4.01. The Balaban J connectivity index is 0.00000205. The van der Waals surface area contributed by atoms with Gasteiger partial charge in [0, 0.05) is 13.1 Å². The number of nitrogens with zero attached hydrogens (tertiary/aromatic N) is 5. The van der Waals surface area contributed by atoms with Gasteiger partial charge in [0.2, 0.25) is 5.95 Å². The predicted molar refractivity (Wildman–Crippen MR) is 94.1 cm³/mol. The van der Waals surface area contributed by atoms with Crippen molar-refractivity contribution in [3.05, 3.63) is 6.33 Å². The Labute approximate surface area is 188 Å². The molecular formula is C15H20N6NaO6P. The van der Waals surface area contributed by atoms with Crippen molar-refractivity contribution in [1.29, 1.82) is 0 Å². The number of phosphoric acid groups is 1. The maximum absolute atomic E-state index is 11.7. The molecule has 3 aliphatic rings. The molecule has 2 aromatic heterocycles. The van der Waals surface area contributed by atoms with Crippen molar-refractivity contribution < 1.29 is 57.9 Å². The molecule has 29 heavy (non-hydrogen) atoms. The quantitative estimate of drug-likeness (QED) is 0.357. The maximum atomic E-state index is 11.7. The largest absolute Gasteiger partial charge is 1.00 e. The molecule has 0 bridgehead atoms. The summed E-state index contributed by atoms with van der Waals surface area (Å²) in [6.07, 6.45) is 0.474. The average Bonchev–Trinajstić information content (AvgIpc) is 3.21. The standard InChI is InChI=1S/C15H21N6O6P.Na/c16-12-9-13(18-7-17-12)21(15(19-9)20-4-2-1-3-5-20)14-10(22)11-8(26-14)6-25-28(23,24)27-11;/h7-8,10-11,14,22H,1-6H2,(H,23,24)(H2,16,17,18);/q;+1/p-1/t8-,10-,11-,14-;/m1./s1. The number of fused-ring (bicyclic) bond motifs is 2. The molecule has 0 aromatic carbocycles. The summed E-state index contributed by atoms with van der Waals surface area (Å²) in [5, 5.41) is 10.8. The van der Waals surface area contributed by atoms with Crippen molar-refractivity contribution >= 4 is 30.8 Å². The van der Waals surface area contributed by atoms with Gasteiger partial charge in [0.05, 0.1) is 6.61 Å². The minimum absolute atomic E-state index is 0. The summed E-state index contributed by atoms with van der Waals surface area (Å²) in [7, 11) is -4.46. The molecule has 3 saturated heterocycles. The van der Waals surface area contributed by atoms with Crippen LogP contribution in [-0.4, -0.2) is 62.6 Å². The summed E-state index contributed by atoms with van der Waals surface area (Å²) in [5.74, 6) is 0.770. The van der Waals surface area contributed by atoms with E-state index in [2.05, 4.69) is 19.9 Å². The number of nitrogen functional groups attached to an aromatic ring is 1. The predicted octanol–water partition coefficient (Wildman–Crippen LogP) is -3.46. The van der Waals surface area contributed by atoms with E-state index >= 15 is 0 Å². The summed E-state index contributed by atoms with van der Waals surface area (Å²) >= 11 is 0. The van der Waals surface area contributed by atoms with Crippen molar-refractivity contribution in [3.63, 3.8) is 0 Å². The molecule has 3 fully saturated rings. The van der Waals surface area contributed by atoms with Gasteiger partial charge in [0.1, 0.15) is 24.6 Å². The molecule has 0 amide bonds. The van der Waals surface area contributed by atoms with Crippen LogP contribution in [-0.2, 0) is 18.3 Å². The molecule has 0 radical (unpaired) electrons. The maximum Gasteiger partial charge on any atom is 1.00 e. The van der Waals surface area contributed by atoms with Crippen LogP contribution in [0.3, 0.4) is 0 Å². The van der Waals surface area contributed by atoms with E-state index in [4.69, 9.17) is 19.5 Å². The average molecular weight is 434 g/mol. The Morgan fingerprint density at radius 3 is 2.79 bits per heavy atom. The molecule has 3 aliphatic heterocycles. The minimum atomic E-state index is -4.46. The number of aromatic nitrogens is 4. The monoisotopic (exact) mass is 434 g/mol. The van der Waals surface area contributed by atoms with E-state index in [1.54, 1.807) is 4.57 Å². The number of piperidine rings is 1. The zero-order valence-electron chi connectivity index (χ0n) is 15.9. The molecular weight excluding hydrogens is 414 g/mol. The molecule has 152 valence electrons. The molecule has 0 aliphatic carbocycles. The first-order chi connectivity index (χ1) is 13.4. The first kappa shape index (κ1) is 21.4. The first-order valence-corrected chi connectivity index (χ1v) is 10.6. The zero-order valence-corrected chi connectivity index (χ0v) is 18.8. The number of rotatable bonds is 2. The van der Waals surface area contributed by atoms with Crippen LogP contribution in [0.1, 0.15) is 25.5 Å². The van der Waals surface area contributed by atoms with Crippen LogP contribution in [0.25, 0.3) is 11.2 Å². The van der Waals surface area contributed by atoms with Crippen molar-refractivity contribution in [2.75, 3.05) is 30.3 Å². The Morgan fingerprint density at radius 1 is 1.28 bits per heavy atom. The molecule has 0 spiro atoms. The molecule has 1 unspecified atom stereocenters. The number of imidazole rings is 1. The Bertz CT molecular complexity index is 955. The third kappa shape index (κ3) is 3.71. The molecule has 3 N–H and O–H groups in total. The summed E-state index contributed by atoms with van der Waals surface area (Å²) in [6, 6.07) is 0. The normalized spacial score (nSPS) is 34.8. The van der Waals surface area contributed by atoms with Crippen LogP contribution >= 0.6 is 7.82 Å². The van der Waals surface area contributed by atoms with Gasteiger partial charge in [-0.25, -0.2) is 15.0 Å². The topological polar surface area (TPSA) is 161 Å². The number of hydrogen-bond acceptors (Lipinski definition) is 11. The van der Waals surface area contributed by atoms with Crippen molar-refractivity contribution in [1.82, 2.24) is 19.5 Å². The van der Waals surface area contributed by atoms with Crippen LogP contribution in [0.4, 0.5) is 11.8 Å². The van der Waals surface area contributed by atoms with Gasteiger partial charge in [0.25, 0.3) is 7.82 Å². The third-order valence-electron chi connectivity index (χ3n) is 5.34. The van der Waals surface area contributed by atoms with Crippen LogP contribution in [0.15, 0.2) is 6.33 Å². The van der Waals surface area contributed by atoms with Crippen molar-refractivity contribution in [2.24, 2.45) is 0 Å². The van der Waals surface area contributed by atoms with E-state index in [9.17, 15) is 14.6 Å². The van der Waals surface area contributed by atoms with Crippen molar-refractivity contribution in [3.8, 4) is 0 Å². The van der Waals surface area contributed by atoms with E-state index in [-0.39, 0.29) is 42.0 Å². The minimum Gasteiger partial charge on any atom is -0.756 e. The summed E-state index contributed by atoms with van der Waals surface area (Å²) in [6.45, 7) is 1.37. The summed E-state index contributed by atoms with van der Waals surface area (Å²) in [5.41, 5.74) is 6.79. The van der Waals surface area contributed by atoms with Gasteiger partial charge in [0.15, 0.2) is 23.2 Å². The van der Waals surface area contributed by atoms with Gasteiger partial charge in [-0.2, -0.15) is 0 Å². The zero-order chi connectivity index (χ0) is 19.5. The number of hydrogen-bond donors (Lipinski definition) is 2. The number of aliphatic hydroxyl groups excluding tert-OH is 1. The van der Waals surface area contributed by atoms with Crippen LogP contribution in [0, 0.1) is 0 Å².